The number of non-ortho nitro benzene ring substituents is 1. The quantitative estimate of drug-likeness (QED) is 0.588. The zero-order chi connectivity index (χ0) is 11.5. The second-order valence-corrected chi connectivity index (χ2v) is 3.27. The van der Waals surface area contributed by atoms with Gasteiger partial charge in [0.05, 0.1) is 17.8 Å². The molecule has 1 aromatic heterocycles. The van der Waals surface area contributed by atoms with E-state index >= 15 is 0 Å². The molecule has 0 atom stereocenters. The zero-order valence-corrected chi connectivity index (χ0v) is 8.21. The van der Waals surface area contributed by atoms with Crippen molar-refractivity contribution in [3.8, 4) is 0 Å². The molecule has 0 saturated carbocycles. The van der Waals surface area contributed by atoms with Gasteiger partial charge in [0.2, 0.25) is 0 Å². The van der Waals surface area contributed by atoms with Crippen LogP contribution in [0.25, 0.3) is 0 Å². The van der Waals surface area contributed by atoms with Gasteiger partial charge in [0, 0.05) is 30.1 Å². The van der Waals surface area contributed by atoms with Crippen LogP contribution in [0.1, 0.15) is 5.56 Å². The number of hydrogen-bond donors (Lipinski definition) is 0. The Morgan fingerprint density at radius 2 is 2.31 bits per heavy atom. The largest absolute Gasteiger partial charge is 0.333 e. The van der Waals surface area contributed by atoms with Crippen molar-refractivity contribution in [1.82, 2.24) is 9.55 Å². The highest BCUT2D eigenvalue weighted by molar-refractivity contribution is 5.35. The molecule has 0 aliphatic carbocycles. The number of nitro benzene ring substituents is 1. The van der Waals surface area contributed by atoms with E-state index in [0.717, 1.165) is 12.1 Å². The van der Waals surface area contributed by atoms with Gasteiger partial charge in [-0.3, -0.25) is 10.1 Å². The van der Waals surface area contributed by atoms with Gasteiger partial charge in [0.15, 0.2) is 0 Å². The molecule has 0 amide bonds. The van der Waals surface area contributed by atoms with E-state index < -0.39 is 10.7 Å². The van der Waals surface area contributed by atoms with Gasteiger partial charge in [0.25, 0.3) is 5.69 Å². The molecule has 0 radical (unpaired) electrons. The van der Waals surface area contributed by atoms with Crippen molar-refractivity contribution >= 4 is 5.69 Å². The molecule has 0 N–H and O–H groups in total. The number of hydrogen-bond acceptors (Lipinski definition) is 3. The van der Waals surface area contributed by atoms with E-state index in [1.54, 1.807) is 17.0 Å². The number of benzene rings is 1. The van der Waals surface area contributed by atoms with Crippen LogP contribution < -0.4 is 0 Å². The summed E-state index contributed by atoms with van der Waals surface area (Å²) in [7, 11) is 0. The lowest BCUT2D eigenvalue weighted by Gasteiger charge is -2.03. The smallest absolute Gasteiger partial charge is 0.269 e. The van der Waals surface area contributed by atoms with Crippen LogP contribution in [0.3, 0.4) is 0 Å². The Kier molecular flexibility index (Phi) is 2.63. The van der Waals surface area contributed by atoms with Gasteiger partial charge >= 0.3 is 0 Å². The van der Waals surface area contributed by atoms with Crippen LogP contribution >= 0.6 is 0 Å². The highest BCUT2D eigenvalue weighted by atomic mass is 19.1. The lowest BCUT2D eigenvalue weighted by atomic mass is 10.2. The maximum atomic E-state index is 13.4. The summed E-state index contributed by atoms with van der Waals surface area (Å²) in [5.41, 5.74) is 0.156. The predicted molar refractivity (Wildman–Crippen MR) is 54.4 cm³/mol. The molecular formula is C10H8FN3O2. The number of nitrogens with zero attached hydrogens (tertiary/aromatic N) is 3. The van der Waals surface area contributed by atoms with Gasteiger partial charge in [-0.15, -0.1) is 0 Å². The lowest BCUT2D eigenvalue weighted by Crippen LogP contribution is -2.00. The maximum Gasteiger partial charge on any atom is 0.269 e. The van der Waals surface area contributed by atoms with Gasteiger partial charge in [-0.2, -0.15) is 0 Å². The summed E-state index contributed by atoms with van der Waals surface area (Å²) < 4.78 is 15.0. The van der Waals surface area contributed by atoms with Gasteiger partial charge in [-0.05, 0) is 6.07 Å². The Morgan fingerprint density at radius 3 is 2.94 bits per heavy atom. The van der Waals surface area contributed by atoms with Crippen molar-refractivity contribution < 1.29 is 9.31 Å². The van der Waals surface area contributed by atoms with Gasteiger partial charge in [-0.1, -0.05) is 0 Å². The summed E-state index contributed by atoms with van der Waals surface area (Å²) >= 11 is 0. The Hall–Kier alpha value is -2.24. The molecule has 0 bridgehead atoms. The summed E-state index contributed by atoms with van der Waals surface area (Å²) in [5, 5.41) is 10.5. The summed E-state index contributed by atoms with van der Waals surface area (Å²) in [6.07, 6.45) is 4.76. The molecule has 16 heavy (non-hydrogen) atoms. The summed E-state index contributed by atoms with van der Waals surface area (Å²) in [6.45, 7) is 0.230. The fraction of sp³-hybridized carbons (Fsp3) is 0.100. The predicted octanol–water partition coefficient (Wildman–Crippen LogP) is 1.98. The molecule has 1 heterocycles. The molecule has 2 aromatic rings. The molecule has 0 fully saturated rings. The van der Waals surface area contributed by atoms with E-state index in [1.165, 1.54) is 12.4 Å². The van der Waals surface area contributed by atoms with E-state index in [0.29, 0.717) is 0 Å². The van der Waals surface area contributed by atoms with Crippen molar-refractivity contribution in [2.45, 2.75) is 6.54 Å². The Balaban J connectivity index is 2.32. The summed E-state index contributed by atoms with van der Waals surface area (Å²) in [5.74, 6) is -0.459. The van der Waals surface area contributed by atoms with E-state index in [9.17, 15) is 14.5 Å². The summed E-state index contributed by atoms with van der Waals surface area (Å²) in [4.78, 5) is 13.8. The molecule has 0 aliphatic rings. The summed E-state index contributed by atoms with van der Waals surface area (Å²) in [6, 6.07) is 3.48. The first-order chi connectivity index (χ1) is 7.66. The molecule has 1 aromatic carbocycles. The fourth-order valence-electron chi connectivity index (χ4n) is 1.37. The van der Waals surface area contributed by atoms with Crippen molar-refractivity contribution in [2.75, 3.05) is 0 Å². The molecule has 0 unspecified atom stereocenters. The van der Waals surface area contributed by atoms with Crippen LogP contribution in [-0.4, -0.2) is 14.5 Å². The number of nitro groups is 1. The Bertz CT molecular complexity index is 511. The van der Waals surface area contributed by atoms with Crippen molar-refractivity contribution in [3.63, 3.8) is 0 Å². The minimum Gasteiger partial charge on any atom is -0.333 e. The third-order valence-corrected chi connectivity index (χ3v) is 2.15. The molecule has 0 aliphatic heterocycles. The highest BCUT2D eigenvalue weighted by Crippen LogP contribution is 2.17. The Morgan fingerprint density at radius 1 is 1.50 bits per heavy atom. The van der Waals surface area contributed by atoms with Crippen molar-refractivity contribution in [3.05, 3.63) is 58.4 Å². The van der Waals surface area contributed by atoms with Crippen LogP contribution in [0.2, 0.25) is 0 Å². The van der Waals surface area contributed by atoms with Crippen LogP contribution in [-0.2, 0) is 6.54 Å². The number of imidazole rings is 1. The van der Waals surface area contributed by atoms with Gasteiger partial charge in [-0.25, -0.2) is 9.37 Å². The standard InChI is InChI=1S/C10H8FN3O2/c11-10-2-1-9(14(15)16)5-8(10)6-13-4-3-12-7-13/h1-5,7H,6H2. The topological polar surface area (TPSA) is 61.0 Å². The van der Waals surface area contributed by atoms with Crippen LogP contribution in [0.5, 0.6) is 0 Å². The molecule has 5 nitrogen and oxygen atoms in total. The molecule has 0 saturated heterocycles. The zero-order valence-electron chi connectivity index (χ0n) is 8.21. The molecule has 2 rings (SSSR count). The van der Waals surface area contributed by atoms with Gasteiger partial charge in [0.1, 0.15) is 5.82 Å². The van der Waals surface area contributed by atoms with Crippen LogP contribution in [0.15, 0.2) is 36.9 Å². The SMILES string of the molecule is O=[N+]([O-])c1ccc(F)c(Cn2ccnc2)c1. The van der Waals surface area contributed by atoms with E-state index in [-0.39, 0.29) is 17.8 Å². The number of aromatic nitrogens is 2. The molecule has 0 spiro atoms. The third kappa shape index (κ3) is 2.05. The fourth-order valence-corrected chi connectivity index (χ4v) is 1.37. The molecule has 6 heteroatoms. The normalized spacial score (nSPS) is 10.3. The van der Waals surface area contributed by atoms with Crippen LogP contribution in [0.4, 0.5) is 10.1 Å². The second-order valence-electron chi connectivity index (χ2n) is 3.27. The third-order valence-electron chi connectivity index (χ3n) is 2.15. The number of halogens is 1. The van der Waals surface area contributed by atoms with Crippen molar-refractivity contribution in [2.24, 2.45) is 0 Å². The average Bonchev–Trinajstić information content (AvgIpc) is 2.73. The highest BCUT2D eigenvalue weighted by Gasteiger charge is 2.10. The second kappa shape index (κ2) is 4.09. The monoisotopic (exact) mass is 221 g/mol. The van der Waals surface area contributed by atoms with E-state index in [1.807, 2.05) is 0 Å². The minimum absolute atomic E-state index is 0.114. The van der Waals surface area contributed by atoms with E-state index in [2.05, 4.69) is 4.98 Å². The lowest BCUT2D eigenvalue weighted by molar-refractivity contribution is -0.385. The number of rotatable bonds is 3. The first kappa shape index (κ1) is 10.3. The first-order valence-electron chi connectivity index (χ1n) is 4.55. The van der Waals surface area contributed by atoms with Gasteiger partial charge < -0.3 is 4.57 Å². The van der Waals surface area contributed by atoms with Crippen LogP contribution in [0, 0.1) is 15.9 Å². The average molecular weight is 221 g/mol. The maximum absolute atomic E-state index is 13.4. The molecule has 82 valence electrons. The molecular weight excluding hydrogens is 213 g/mol. The van der Waals surface area contributed by atoms with Crippen molar-refractivity contribution in [1.29, 1.82) is 0 Å². The minimum atomic E-state index is -0.545. The first-order valence-corrected chi connectivity index (χ1v) is 4.55. The van der Waals surface area contributed by atoms with E-state index in [4.69, 9.17) is 0 Å². The Labute approximate surface area is 90.3 Å².